The molecule has 2 aliphatic heterocycles. The van der Waals surface area contributed by atoms with E-state index in [1.165, 1.54) is 0 Å². The van der Waals surface area contributed by atoms with Crippen molar-refractivity contribution in [3.8, 4) is 11.5 Å². The van der Waals surface area contributed by atoms with Crippen molar-refractivity contribution in [1.82, 2.24) is 4.90 Å². The van der Waals surface area contributed by atoms with E-state index in [4.69, 9.17) is 14.2 Å². The first-order valence-corrected chi connectivity index (χ1v) is 10.7. The van der Waals surface area contributed by atoms with Gasteiger partial charge >= 0.3 is 0 Å². The van der Waals surface area contributed by atoms with Gasteiger partial charge in [0.15, 0.2) is 11.5 Å². The molecule has 7 heteroatoms. The fraction of sp³-hybridized carbons (Fsp3) is 0.409. The van der Waals surface area contributed by atoms with Gasteiger partial charge in [-0.1, -0.05) is 12.1 Å². The molecule has 1 amide bonds. The third-order valence-electron chi connectivity index (χ3n) is 5.30. The number of hydrogen-bond donors (Lipinski definition) is 1. The molecule has 0 bridgehead atoms. The Bertz CT molecular complexity index is 898. The number of ether oxygens (including phenoxy) is 3. The van der Waals surface area contributed by atoms with Crippen LogP contribution < -0.4 is 14.8 Å². The lowest BCUT2D eigenvalue weighted by molar-refractivity contribution is 0.0426. The summed E-state index contributed by atoms with van der Waals surface area (Å²) in [6.45, 7) is 3.76. The molecule has 29 heavy (non-hydrogen) atoms. The average Bonchev–Trinajstić information content (AvgIpc) is 3.24. The summed E-state index contributed by atoms with van der Waals surface area (Å²) in [5, 5.41) is 3.53. The summed E-state index contributed by atoms with van der Waals surface area (Å²) in [6, 6.07) is 11.5. The molecule has 1 fully saturated rings. The van der Waals surface area contributed by atoms with Crippen molar-refractivity contribution in [2.24, 2.45) is 0 Å². The highest BCUT2D eigenvalue weighted by Gasteiger charge is 2.35. The van der Waals surface area contributed by atoms with Gasteiger partial charge < -0.3 is 24.4 Å². The van der Waals surface area contributed by atoms with Crippen molar-refractivity contribution in [3.05, 3.63) is 52.0 Å². The van der Waals surface area contributed by atoms with Gasteiger partial charge in [-0.15, -0.1) is 0 Å². The van der Waals surface area contributed by atoms with Gasteiger partial charge in [0, 0.05) is 18.8 Å². The van der Waals surface area contributed by atoms with Crippen LogP contribution in [0.4, 0.5) is 5.69 Å². The van der Waals surface area contributed by atoms with Crippen LogP contribution in [-0.4, -0.2) is 43.8 Å². The zero-order valence-corrected chi connectivity index (χ0v) is 18.2. The fourth-order valence-electron chi connectivity index (χ4n) is 3.93. The van der Waals surface area contributed by atoms with E-state index in [1.807, 2.05) is 48.2 Å². The van der Waals surface area contributed by atoms with E-state index in [2.05, 4.69) is 21.2 Å². The second-order valence-electron chi connectivity index (χ2n) is 7.15. The smallest absolute Gasteiger partial charge is 0.257 e. The maximum atomic E-state index is 13.4. The molecule has 2 aromatic carbocycles. The van der Waals surface area contributed by atoms with Crippen molar-refractivity contribution in [1.29, 1.82) is 0 Å². The lowest BCUT2D eigenvalue weighted by atomic mass is 10.0. The quantitative estimate of drug-likeness (QED) is 0.682. The molecule has 0 aliphatic carbocycles. The minimum Gasteiger partial charge on any atom is -0.493 e. The van der Waals surface area contributed by atoms with Crippen LogP contribution in [0.2, 0.25) is 0 Å². The van der Waals surface area contributed by atoms with E-state index >= 15 is 0 Å². The van der Waals surface area contributed by atoms with E-state index in [0.29, 0.717) is 30.2 Å². The van der Waals surface area contributed by atoms with Crippen LogP contribution in [0.3, 0.4) is 0 Å². The van der Waals surface area contributed by atoms with Crippen molar-refractivity contribution in [2.75, 3.05) is 32.2 Å². The molecule has 4 rings (SSSR count). The largest absolute Gasteiger partial charge is 0.493 e. The van der Waals surface area contributed by atoms with Gasteiger partial charge in [-0.05, 0) is 65.5 Å². The zero-order chi connectivity index (χ0) is 20.4. The van der Waals surface area contributed by atoms with Crippen LogP contribution in [0.25, 0.3) is 0 Å². The molecule has 154 valence electrons. The molecular weight excluding hydrogens is 436 g/mol. The summed E-state index contributed by atoms with van der Waals surface area (Å²) < 4.78 is 17.9. The molecule has 0 aromatic heterocycles. The van der Waals surface area contributed by atoms with E-state index in [1.54, 1.807) is 7.11 Å². The third-order valence-corrected chi connectivity index (χ3v) is 5.89. The van der Waals surface area contributed by atoms with Gasteiger partial charge in [0.25, 0.3) is 5.91 Å². The highest BCUT2D eigenvalue weighted by molar-refractivity contribution is 9.10. The summed E-state index contributed by atoms with van der Waals surface area (Å²) in [4.78, 5) is 15.2. The predicted molar refractivity (Wildman–Crippen MR) is 115 cm³/mol. The van der Waals surface area contributed by atoms with E-state index in [9.17, 15) is 4.79 Å². The van der Waals surface area contributed by atoms with Crippen molar-refractivity contribution < 1.29 is 19.0 Å². The Morgan fingerprint density at radius 2 is 2.14 bits per heavy atom. The number of carbonyl (C=O) groups is 1. The van der Waals surface area contributed by atoms with Crippen LogP contribution >= 0.6 is 15.9 Å². The number of hydrogen-bond acceptors (Lipinski definition) is 5. The molecule has 2 aliphatic rings. The number of nitrogens with one attached hydrogen (secondary N) is 1. The average molecular weight is 461 g/mol. The predicted octanol–water partition coefficient (Wildman–Crippen LogP) is 4.60. The molecule has 2 heterocycles. The lowest BCUT2D eigenvalue weighted by Gasteiger charge is -2.39. The molecule has 1 saturated heterocycles. The standard InChI is InChI=1S/C22H25BrN2O4/c1-3-28-20-17(23)11-14(12-19(20)27-2)21-24-18-9-5-4-8-16(18)22(26)25(21)13-15-7-6-10-29-15/h4-5,8-9,11-12,15,21,24H,3,6-7,10,13H2,1-2H3/t15-,21-/m1/s1. The molecule has 2 atom stereocenters. The Balaban J connectivity index is 1.74. The topological polar surface area (TPSA) is 60.0 Å². The molecule has 6 nitrogen and oxygen atoms in total. The number of rotatable bonds is 6. The number of anilines is 1. The monoisotopic (exact) mass is 460 g/mol. The molecule has 0 radical (unpaired) electrons. The van der Waals surface area contributed by atoms with Gasteiger partial charge in [-0.25, -0.2) is 0 Å². The Morgan fingerprint density at radius 1 is 1.31 bits per heavy atom. The lowest BCUT2D eigenvalue weighted by Crippen LogP contribution is -2.46. The Kier molecular flexibility index (Phi) is 5.96. The normalized spacial score (nSPS) is 20.9. The number of methoxy groups -OCH3 is 1. The summed E-state index contributed by atoms with van der Waals surface area (Å²) in [5.74, 6) is 1.29. The molecule has 0 saturated carbocycles. The van der Waals surface area contributed by atoms with Crippen molar-refractivity contribution in [2.45, 2.75) is 32.0 Å². The first-order valence-electron chi connectivity index (χ1n) is 9.90. The molecule has 2 aromatic rings. The summed E-state index contributed by atoms with van der Waals surface area (Å²) >= 11 is 3.60. The van der Waals surface area contributed by atoms with Crippen LogP contribution in [0.5, 0.6) is 11.5 Å². The number of benzene rings is 2. The number of amides is 1. The van der Waals surface area contributed by atoms with Gasteiger partial charge in [0.05, 0.1) is 29.9 Å². The Hall–Kier alpha value is -2.25. The zero-order valence-electron chi connectivity index (χ0n) is 16.6. The Morgan fingerprint density at radius 3 is 2.86 bits per heavy atom. The van der Waals surface area contributed by atoms with Gasteiger partial charge in [-0.2, -0.15) is 0 Å². The van der Waals surface area contributed by atoms with Crippen LogP contribution in [-0.2, 0) is 4.74 Å². The maximum Gasteiger partial charge on any atom is 0.257 e. The number of nitrogens with zero attached hydrogens (tertiary/aromatic N) is 1. The summed E-state index contributed by atoms with van der Waals surface area (Å²) in [6.07, 6.45) is 1.72. The van der Waals surface area contributed by atoms with Crippen molar-refractivity contribution in [3.63, 3.8) is 0 Å². The SMILES string of the molecule is CCOc1c(Br)cc([C@@H]2Nc3ccccc3C(=O)N2C[C@H]2CCCO2)cc1OC. The van der Waals surface area contributed by atoms with Crippen LogP contribution in [0.15, 0.2) is 40.9 Å². The van der Waals surface area contributed by atoms with Gasteiger partial charge in [0.1, 0.15) is 6.17 Å². The van der Waals surface area contributed by atoms with E-state index in [-0.39, 0.29) is 18.2 Å². The second-order valence-corrected chi connectivity index (χ2v) is 8.01. The van der Waals surface area contributed by atoms with Gasteiger partial charge in [0.2, 0.25) is 0 Å². The molecule has 0 unspecified atom stereocenters. The maximum absolute atomic E-state index is 13.4. The molecular formula is C22H25BrN2O4. The minimum atomic E-state index is -0.331. The van der Waals surface area contributed by atoms with Crippen LogP contribution in [0, 0.1) is 0 Å². The number of carbonyl (C=O) groups excluding carboxylic acids is 1. The number of para-hydroxylation sites is 1. The van der Waals surface area contributed by atoms with Crippen molar-refractivity contribution >= 4 is 27.5 Å². The van der Waals surface area contributed by atoms with E-state index in [0.717, 1.165) is 35.2 Å². The second kappa shape index (κ2) is 8.63. The first-order chi connectivity index (χ1) is 14.1. The number of fused-ring (bicyclic) bond motifs is 1. The van der Waals surface area contributed by atoms with Crippen LogP contribution in [0.1, 0.15) is 41.9 Å². The minimum absolute atomic E-state index is 0.00354. The third kappa shape index (κ3) is 3.94. The highest BCUT2D eigenvalue weighted by atomic mass is 79.9. The first kappa shape index (κ1) is 20.0. The number of halogens is 1. The summed E-state index contributed by atoms with van der Waals surface area (Å²) in [7, 11) is 1.62. The molecule has 0 spiro atoms. The fourth-order valence-corrected chi connectivity index (χ4v) is 4.51. The molecule has 1 N–H and O–H groups in total. The summed E-state index contributed by atoms with van der Waals surface area (Å²) in [5.41, 5.74) is 2.42. The highest BCUT2D eigenvalue weighted by Crippen LogP contribution is 2.41. The van der Waals surface area contributed by atoms with Gasteiger partial charge in [-0.3, -0.25) is 4.79 Å². The Labute approximate surface area is 179 Å². The van der Waals surface area contributed by atoms with E-state index < -0.39 is 0 Å².